The summed E-state index contributed by atoms with van der Waals surface area (Å²) in [5.41, 5.74) is 0. The quantitative estimate of drug-likeness (QED) is 0.722. The Morgan fingerprint density at radius 1 is 1.25 bits per heavy atom. The van der Waals surface area contributed by atoms with Crippen molar-refractivity contribution in [3.8, 4) is 0 Å². The standard InChI is InChI=1S/C10H12F3NO2/c1-2-7(15)8-5-3-14(4-6(5)8)9(16)10(11,12)13/h5-6,8H,2-4H2,1H3/t5-,6+,8?. The highest BCUT2D eigenvalue weighted by Gasteiger charge is 2.61. The van der Waals surface area contributed by atoms with Gasteiger partial charge in [-0.05, 0) is 11.8 Å². The zero-order valence-electron chi connectivity index (χ0n) is 8.75. The number of hydrogen-bond acceptors (Lipinski definition) is 2. The lowest BCUT2D eigenvalue weighted by Crippen LogP contribution is -2.41. The van der Waals surface area contributed by atoms with Crippen molar-refractivity contribution in [3.63, 3.8) is 0 Å². The number of carbonyl (C=O) groups is 2. The van der Waals surface area contributed by atoms with E-state index >= 15 is 0 Å². The molecule has 0 aromatic carbocycles. The van der Waals surface area contributed by atoms with E-state index in [2.05, 4.69) is 0 Å². The normalized spacial score (nSPS) is 32.5. The fourth-order valence-corrected chi connectivity index (χ4v) is 2.58. The Labute approximate surface area is 90.6 Å². The summed E-state index contributed by atoms with van der Waals surface area (Å²) in [7, 11) is 0. The zero-order valence-corrected chi connectivity index (χ0v) is 8.75. The lowest BCUT2D eigenvalue weighted by molar-refractivity contribution is -0.185. The number of ketones is 1. The summed E-state index contributed by atoms with van der Waals surface area (Å²) in [5.74, 6) is -1.82. The topological polar surface area (TPSA) is 37.4 Å². The van der Waals surface area contributed by atoms with Crippen LogP contribution in [0.1, 0.15) is 13.3 Å². The average Bonchev–Trinajstić information content (AvgIpc) is 2.69. The Kier molecular flexibility index (Phi) is 2.47. The van der Waals surface area contributed by atoms with Crippen LogP contribution in [0.3, 0.4) is 0 Å². The van der Waals surface area contributed by atoms with Crippen LogP contribution in [0.25, 0.3) is 0 Å². The predicted octanol–water partition coefficient (Wildman–Crippen LogP) is 1.23. The molecule has 6 heteroatoms. The molecular formula is C10H12F3NO2. The molecule has 1 aliphatic heterocycles. The van der Waals surface area contributed by atoms with Crippen LogP contribution in [0.15, 0.2) is 0 Å². The van der Waals surface area contributed by atoms with Crippen LogP contribution < -0.4 is 0 Å². The van der Waals surface area contributed by atoms with Crippen LogP contribution in [-0.4, -0.2) is 35.9 Å². The number of amides is 1. The molecule has 1 amide bonds. The summed E-state index contributed by atoms with van der Waals surface area (Å²) >= 11 is 0. The molecule has 2 aliphatic rings. The number of nitrogens with zero attached hydrogens (tertiary/aromatic N) is 1. The Morgan fingerprint density at radius 3 is 2.12 bits per heavy atom. The van der Waals surface area contributed by atoms with Crippen molar-refractivity contribution in [2.24, 2.45) is 17.8 Å². The third kappa shape index (κ3) is 1.70. The van der Waals surface area contributed by atoms with E-state index < -0.39 is 12.1 Å². The number of Topliss-reactive ketones (excluding diaryl/α,β-unsaturated/α-hetero) is 1. The maximum absolute atomic E-state index is 12.1. The number of alkyl halides is 3. The molecule has 3 atom stereocenters. The minimum Gasteiger partial charge on any atom is -0.334 e. The Morgan fingerprint density at radius 2 is 1.75 bits per heavy atom. The van der Waals surface area contributed by atoms with E-state index in [1.54, 1.807) is 6.92 Å². The summed E-state index contributed by atoms with van der Waals surface area (Å²) in [4.78, 5) is 23.0. The molecular weight excluding hydrogens is 223 g/mol. The molecule has 0 N–H and O–H groups in total. The van der Waals surface area contributed by atoms with Gasteiger partial charge in [0.25, 0.3) is 0 Å². The van der Waals surface area contributed by atoms with Crippen molar-refractivity contribution in [3.05, 3.63) is 0 Å². The lowest BCUT2D eigenvalue weighted by Gasteiger charge is -2.20. The molecule has 0 bridgehead atoms. The van der Waals surface area contributed by atoms with E-state index in [0.29, 0.717) is 6.42 Å². The molecule has 1 aliphatic carbocycles. The van der Waals surface area contributed by atoms with Gasteiger partial charge in [-0.1, -0.05) is 6.92 Å². The second-order valence-corrected chi connectivity index (χ2v) is 4.38. The molecule has 2 fully saturated rings. The number of carbonyl (C=O) groups excluding carboxylic acids is 2. The van der Waals surface area contributed by atoms with Crippen molar-refractivity contribution in [1.29, 1.82) is 0 Å². The number of likely N-dealkylation sites (tertiary alicyclic amines) is 1. The first-order valence-electron chi connectivity index (χ1n) is 5.25. The van der Waals surface area contributed by atoms with Gasteiger partial charge in [0.05, 0.1) is 0 Å². The molecule has 0 aromatic rings. The largest absolute Gasteiger partial charge is 0.471 e. The van der Waals surface area contributed by atoms with Gasteiger partial charge in [0, 0.05) is 25.4 Å². The van der Waals surface area contributed by atoms with Crippen LogP contribution in [0.2, 0.25) is 0 Å². The monoisotopic (exact) mass is 235 g/mol. The molecule has 1 unspecified atom stereocenters. The third-order valence-corrected chi connectivity index (χ3v) is 3.44. The van der Waals surface area contributed by atoms with Gasteiger partial charge >= 0.3 is 12.1 Å². The van der Waals surface area contributed by atoms with Gasteiger partial charge in [-0.25, -0.2) is 0 Å². The second-order valence-electron chi connectivity index (χ2n) is 4.38. The SMILES string of the molecule is CCC(=O)C1[C@H]2CN(C(=O)C(F)(F)F)C[C@@H]12. The van der Waals surface area contributed by atoms with Crippen molar-refractivity contribution in [2.45, 2.75) is 19.5 Å². The zero-order chi connectivity index (χ0) is 12.1. The molecule has 0 radical (unpaired) electrons. The Hall–Kier alpha value is -1.07. The number of hydrogen-bond donors (Lipinski definition) is 0. The molecule has 0 aromatic heterocycles. The molecule has 1 saturated carbocycles. The maximum Gasteiger partial charge on any atom is 0.471 e. The van der Waals surface area contributed by atoms with Gasteiger partial charge in [-0.3, -0.25) is 9.59 Å². The summed E-state index contributed by atoms with van der Waals surface area (Å²) in [6.45, 7) is 1.91. The average molecular weight is 235 g/mol. The summed E-state index contributed by atoms with van der Waals surface area (Å²) < 4.78 is 36.3. The third-order valence-electron chi connectivity index (χ3n) is 3.44. The first-order valence-corrected chi connectivity index (χ1v) is 5.25. The van der Waals surface area contributed by atoms with Crippen LogP contribution in [0, 0.1) is 17.8 Å². The van der Waals surface area contributed by atoms with Gasteiger partial charge in [-0.15, -0.1) is 0 Å². The molecule has 16 heavy (non-hydrogen) atoms. The van der Waals surface area contributed by atoms with Crippen LogP contribution in [0.5, 0.6) is 0 Å². The van der Waals surface area contributed by atoms with Crippen LogP contribution >= 0.6 is 0 Å². The van der Waals surface area contributed by atoms with E-state index in [1.165, 1.54) is 0 Å². The summed E-state index contributed by atoms with van der Waals surface area (Å²) in [6, 6.07) is 0. The molecule has 2 rings (SSSR count). The van der Waals surface area contributed by atoms with E-state index in [0.717, 1.165) is 4.90 Å². The fourth-order valence-electron chi connectivity index (χ4n) is 2.58. The van der Waals surface area contributed by atoms with Gasteiger partial charge < -0.3 is 4.90 Å². The van der Waals surface area contributed by atoms with Crippen molar-refractivity contribution >= 4 is 11.7 Å². The highest BCUT2D eigenvalue weighted by atomic mass is 19.4. The highest BCUT2D eigenvalue weighted by molar-refractivity contribution is 5.86. The minimum absolute atomic E-state index is 0.0289. The van der Waals surface area contributed by atoms with E-state index in [9.17, 15) is 22.8 Å². The highest BCUT2D eigenvalue weighted by Crippen LogP contribution is 2.53. The molecule has 1 saturated heterocycles. The molecule has 1 heterocycles. The predicted molar refractivity (Wildman–Crippen MR) is 48.4 cm³/mol. The number of piperidine rings is 1. The number of rotatable bonds is 2. The molecule has 0 spiro atoms. The van der Waals surface area contributed by atoms with Crippen LogP contribution in [0.4, 0.5) is 13.2 Å². The first kappa shape index (κ1) is 11.4. The number of fused-ring (bicyclic) bond motifs is 1. The number of halogens is 3. The smallest absolute Gasteiger partial charge is 0.334 e. The minimum atomic E-state index is -4.79. The van der Waals surface area contributed by atoms with Gasteiger partial charge in [0.15, 0.2) is 0 Å². The molecule has 90 valence electrons. The van der Waals surface area contributed by atoms with Crippen molar-refractivity contribution in [2.75, 3.05) is 13.1 Å². The lowest BCUT2D eigenvalue weighted by atomic mass is 10.1. The Bertz CT molecular complexity index is 327. The first-order chi connectivity index (χ1) is 7.36. The molecule has 3 nitrogen and oxygen atoms in total. The fraction of sp³-hybridized carbons (Fsp3) is 0.800. The van der Waals surface area contributed by atoms with Crippen molar-refractivity contribution in [1.82, 2.24) is 4.90 Å². The van der Waals surface area contributed by atoms with E-state index in [4.69, 9.17) is 0 Å². The van der Waals surface area contributed by atoms with E-state index in [1.807, 2.05) is 0 Å². The van der Waals surface area contributed by atoms with Gasteiger partial charge in [0.1, 0.15) is 5.78 Å². The second kappa shape index (κ2) is 3.46. The summed E-state index contributed by atoms with van der Waals surface area (Å²) in [6.07, 6.45) is -4.37. The van der Waals surface area contributed by atoms with Crippen LogP contribution in [-0.2, 0) is 9.59 Å². The van der Waals surface area contributed by atoms with E-state index in [-0.39, 0.29) is 36.6 Å². The van der Waals surface area contributed by atoms with Gasteiger partial charge in [-0.2, -0.15) is 13.2 Å². The Balaban J connectivity index is 1.91. The summed E-state index contributed by atoms with van der Waals surface area (Å²) in [5, 5.41) is 0. The maximum atomic E-state index is 12.1. The van der Waals surface area contributed by atoms with Gasteiger partial charge in [0.2, 0.25) is 0 Å². The van der Waals surface area contributed by atoms with Crippen molar-refractivity contribution < 1.29 is 22.8 Å².